The minimum absolute atomic E-state index is 0.0954. The predicted octanol–water partition coefficient (Wildman–Crippen LogP) is 2.57. The van der Waals surface area contributed by atoms with Crippen LogP contribution in [0.15, 0.2) is 53.0 Å². The molecule has 0 aliphatic heterocycles. The number of pyridine rings is 1. The number of benzene rings is 1. The summed E-state index contributed by atoms with van der Waals surface area (Å²) in [5, 5.41) is 5.06. The van der Waals surface area contributed by atoms with Gasteiger partial charge in [-0.25, -0.2) is 22.5 Å². The molecule has 0 spiro atoms. The molecule has 1 aromatic carbocycles. The van der Waals surface area contributed by atoms with Crippen molar-refractivity contribution in [2.45, 2.75) is 18.4 Å². The van der Waals surface area contributed by atoms with Gasteiger partial charge in [0, 0.05) is 29.9 Å². The monoisotopic (exact) mass is 420 g/mol. The first-order valence-electron chi connectivity index (χ1n) is 8.33. The lowest BCUT2D eigenvalue weighted by molar-refractivity contribution is 0.0946. The molecule has 0 fully saturated rings. The predicted molar refractivity (Wildman–Crippen MR) is 104 cm³/mol. The number of rotatable bonds is 7. The number of nitrogens with zero attached hydrogens (tertiary/aromatic N) is 2. The normalized spacial score (nSPS) is 11.4. The second-order valence-corrected chi connectivity index (χ2v) is 8.40. The van der Waals surface area contributed by atoms with Crippen molar-refractivity contribution in [3.63, 3.8) is 0 Å². The maximum atomic E-state index is 14.1. The highest BCUT2D eigenvalue weighted by molar-refractivity contribution is 7.89. The molecule has 0 aliphatic rings. The third-order valence-electron chi connectivity index (χ3n) is 3.76. The molecule has 10 heteroatoms. The van der Waals surface area contributed by atoms with E-state index in [2.05, 4.69) is 20.0 Å². The smallest absolute Gasteiger partial charge is 0.254 e. The summed E-state index contributed by atoms with van der Waals surface area (Å²) in [7, 11) is -3.79. The molecule has 0 saturated carbocycles. The molecule has 7 nitrogen and oxygen atoms in total. The molecule has 0 aliphatic carbocycles. The lowest BCUT2D eigenvalue weighted by Crippen LogP contribution is -2.26. The van der Waals surface area contributed by atoms with E-state index in [1.165, 1.54) is 11.3 Å². The minimum atomic E-state index is -3.79. The van der Waals surface area contributed by atoms with E-state index < -0.39 is 21.7 Å². The summed E-state index contributed by atoms with van der Waals surface area (Å²) in [6.07, 6.45) is 3.32. The van der Waals surface area contributed by atoms with Gasteiger partial charge in [0.2, 0.25) is 10.0 Å². The third kappa shape index (κ3) is 4.58. The van der Waals surface area contributed by atoms with Crippen LogP contribution in [-0.2, 0) is 16.6 Å². The van der Waals surface area contributed by atoms with Crippen LogP contribution in [0.3, 0.4) is 0 Å². The van der Waals surface area contributed by atoms with E-state index in [4.69, 9.17) is 0 Å². The zero-order valence-electron chi connectivity index (χ0n) is 14.8. The van der Waals surface area contributed by atoms with E-state index in [9.17, 15) is 17.6 Å². The number of sulfonamides is 1. The fraction of sp³-hybridized carbons (Fsp3) is 0.167. The molecule has 2 heterocycles. The molecule has 2 aromatic heterocycles. The number of aromatic nitrogens is 2. The molecule has 0 unspecified atom stereocenters. The van der Waals surface area contributed by atoms with Gasteiger partial charge in [0.25, 0.3) is 5.91 Å². The summed E-state index contributed by atoms with van der Waals surface area (Å²) in [5.74, 6) is -1.52. The van der Waals surface area contributed by atoms with Gasteiger partial charge in [-0.05, 0) is 30.3 Å². The Hall–Kier alpha value is -2.69. The van der Waals surface area contributed by atoms with E-state index >= 15 is 0 Å². The molecule has 146 valence electrons. The SMILES string of the molecule is CCNS(=O)(=O)c1ccc(F)c(C(=O)NCc2nc(-c3ccncc3)cs2)c1. The van der Waals surface area contributed by atoms with Crippen LogP contribution in [-0.4, -0.2) is 30.8 Å². The lowest BCUT2D eigenvalue weighted by Gasteiger charge is -2.08. The number of amides is 1. The Kier molecular flexibility index (Phi) is 6.12. The Morgan fingerprint density at radius 2 is 1.96 bits per heavy atom. The van der Waals surface area contributed by atoms with Crippen LogP contribution in [0.2, 0.25) is 0 Å². The van der Waals surface area contributed by atoms with Gasteiger partial charge in [0.15, 0.2) is 0 Å². The molecule has 3 aromatic rings. The first-order valence-corrected chi connectivity index (χ1v) is 10.7. The molecular weight excluding hydrogens is 403 g/mol. The van der Waals surface area contributed by atoms with Gasteiger partial charge in [-0.15, -0.1) is 11.3 Å². The van der Waals surface area contributed by atoms with Crippen LogP contribution in [0.5, 0.6) is 0 Å². The summed E-state index contributed by atoms with van der Waals surface area (Å²) in [6, 6.07) is 6.75. The Labute approximate surface area is 165 Å². The molecule has 3 rings (SSSR count). The van der Waals surface area contributed by atoms with Crippen molar-refractivity contribution in [3.05, 3.63) is 64.5 Å². The molecule has 0 atom stereocenters. The van der Waals surface area contributed by atoms with Gasteiger partial charge >= 0.3 is 0 Å². The second-order valence-electron chi connectivity index (χ2n) is 5.69. The Bertz CT molecular complexity index is 1090. The molecule has 0 radical (unpaired) electrons. The third-order valence-corrected chi connectivity index (χ3v) is 6.15. The number of hydrogen-bond acceptors (Lipinski definition) is 6. The van der Waals surface area contributed by atoms with Crippen LogP contribution >= 0.6 is 11.3 Å². The molecule has 2 N–H and O–H groups in total. The number of carbonyl (C=O) groups excluding carboxylic acids is 1. The average molecular weight is 420 g/mol. The fourth-order valence-electron chi connectivity index (χ4n) is 2.42. The van der Waals surface area contributed by atoms with Crippen molar-refractivity contribution >= 4 is 27.3 Å². The molecular formula is C18H17FN4O3S2. The summed E-state index contributed by atoms with van der Waals surface area (Å²) >= 11 is 1.35. The molecule has 0 saturated heterocycles. The van der Waals surface area contributed by atoms with Crippen LogP contribution in [0.25, 0.3) is 11.3 Å². The van der Waals surface area contributed by atoms with Crippen molar-refractivity contribution in [1.29, 1.82) is 0 Å². The highest BCUT2D eigenvalue weighted by Crippen LogP contribution is 2.21. The highest BCUT2D eigenvalue weighted by atomic mass is 32.2. The zero-order valence-corrected chi connectivity index (χ0v) is 16.5. The summed E-state index contributed by atoms with van der Waals surface area (Å²) < 4.78 is 40.5. The van der Waals surface area contributed by atoms with E-state index in [0.717, 1.165) is 29.5 Å². The van der Waals surface area contributed by atoms with Gasteiger partial charge in [-0.2, -0.15) is 0 Å². The van der Waals surface area contributed by atoms with Crippen molar-refractivity contribution < 1.29 is 17.6 Å². The van der Waals surface area contributed by atoms with Gasteiger partial charge in [0.1, 0.15) is 10.8 Å². The highest BCUT2D eigenvalue weighted by Gasteiger charge is 2.19. The number of hydrogen-bond donors (Lipinski definition) is 2. The van der Waals surface area contributed by atoms with Gasteiger partial charge in [0.05, 0.1) is 22.7 Å². The van der Waals surface area contributed by atoms with Crippen molar-refractivity contribution in [1.82, 2.24) is 20.0 Å². The number of thiazole rings is 1. The number of carbonyl (C=O) groups is 1. The van der Waals surface area contributed by atoms with Crippen LogP contribution in [0.1, 0.15) is 22.3 Å². The van der Waals surface area contributed by atoms with E-state index in [0.29, 0.717) is 5.01 Å². The minimum Gasteiger partial charge on any atom is -0.345 e. The quantitative estimate of drug-likeness (QED) is 0.612. The van der Waals surface area contributed by atoms with Crippen LogP contribution in [0, 0.1) is 5.82 Å². The topological polar surface area (TPSA) is 101 Å². The molecule has 0 bridgehead atoms. The molecule has 28 heavy (non-hydrogen) atoms. The summed E-state index contributed by atoms with van der Waals surface area (Å²) in [6.45, 7) is 1.91. The summed E-state index contributed by atoms with van der Waals surface area (Å²) in [4.78, 5) is 20.6. The summed E-state index contributed by atoms with van der Waals surface area (Å²) in [5.41, 5.74) is 1.31. The standard InChI is InChI=1S/C18H17FN4O3S2/c1-2-22-28(25,26)13-3-4-15(19)14(9-13)18(24)21-10-17-23-16(11-27-17)12-5-7-20-8-6-12/h3-9,11,22H,2,10H2,1H3,(H,21,24). The van der Waals surface area contributed by atoms with E-state index in [1.807, 2.05) is 17.5 Å². The lowest BCUT2D eigenvalue weighted by atomic mass is 10.2. The first-order chi connectivity index (χ1) is 13.4. The van der Waals surface area contributed by atoms with Gasteiger partial charge < -0.3 is 5.32 Å². The van der Waals surface area contributed by atoms with E-state index in [-0.39, 0.29) is 23.5 Å². The first kappa shape index (κ1) is 20.1. The van der Waals surface area contributed by atoms with Crippen molar-refractivity contribution in [2.24, 2.45) is 0 Å². The Balaban J connectivity index is 1.73. The maximum Gasteiger partial charge on any atom is 0.254 e. The molecule has 1 amide bonds. The Morgan fingerprint density at radius 1 is 1.21 bits per heavy atom. The number of nitrogens with one attached hydrogen (secondary N) is 2. The van der Waals surface area contributed by atoms with Crippen molar-refractivity contribution in [2.75, 3.05) is 6.54 Å². The van der Waals surface area contributed by atoms with Crippen LogP contribution < -0.4 is 10.0 Å². The van der Waals surface area contributed by atoms with Crippen molar-refractivity contribution in [3.8, 4) is 11.3 Å². The zero-order chi connectivity index (χ0) is 20.1. The number of halogens is 1. The maximum absolute atomic E-state index is 14.1. The van der Waals surface area contributed by atoms with Crippen LogP contribution in [0.4, 0.5) is 4.39 Å². The van der Waals surface area contributed by atoms with E-state index in [1.54, 1.807) is 19.3 Å². The largest absolute Gasteiger partial charge is 0.345 e. The average Bonchev–Trinajstić information content (AvgIpc) is 3.16. The fourth-order valence-corrected chi connectivity index (χ4v) is 4.23. The van der Waals surface area contributed by atoms with Gasteiger partial charge in [-0.1, -0.05) is 6.92 Å². The Morgan fingerprint density at radius 3 is 2.68 bits per heavy atom. The second kappa shape index (κ2) is 8.55. The van der Waals surface area contributed by atoms with Gasteiger partial charge in [-0.3, -0.25) is 9.78 Å².